The van der Waals surface area contributed by atoms with Crippen LogP contribution < -0.4 is 0 Å². The van der Waals surface area contributed by atoms with E-state index < -0.39 is 5.79 Å². The van der Waals surface area contributed by atoms with Gasteiger partial charge in [-0.1, -0.05) is 22.0 Å². The maximum absolute atomic E-state index is 5.86. The molecule has 0 spiro atoms. The largest absolute Gasteiger partial charge is 0.343 e. The van der Waals surface area contributed by atoms with Crippen LogP contribution in [0.2, 0.25) is 0 Å². The van der Waals surface area contributed by atoms with Gasteiger partial charge in [0.2, 0.25) is 0 Å². The lowest BCUT2D eigenvalue weighted by Gasteiger charge is -2.18. The molecular formula is C9H11BrO2S. The molecule has 3 aliphatic rings. The van der Waals surface area contributed by atoms with E-state index in [0.29, 0.717) is 10.5 Å². The fraction of sp³-hybridized carbons (Fsp3) is 0.778. The molecule has 0 saturated carbocycles. The summed E-state index contributed by atoms with van der Waals surface area (Å²) in [4.78, 5) is 0. The summed E-state index contributed by atoms with van der Waals surface area (Å²) in [7, 11) is 0. The summed E-state index contributed by atoms with van der Waals surface area (Å²) >= 11 is 5.53. The van der Waals surface area contributed by atoms with E-state index in [0.717, 1.165) is 4.48 Å². The first kappa shape index (κ1) is 8.77. The van der Waals surface area contributed by atoms with Gasteiger partial charge in [-0.15, -0.1) is 11.8 Å². The summed E-state index contributed by atoms with van der Waals surface area (Å²) in [6.07, 6.45) is 2.64. The number of ether oxygens (including phenoxy) is 2. The number of fused-ring (bicyclic) bond motifs is 3. The Morgan fingerprint density at radius 2 is 2.23 bits per heavy atom. The lowest BCUT2D eigenvalue weighted by Crippen LogP contribution is -2.32. The smallest absolute Gasteiger partial charge is 0.164 e. The fourth-order valence-electron chi connectivity index (χ4n) is 2.03. The van der Waals surface area contributed by atoms with Crippen LogP contribution in [0, 0.1) is 0 Å². The van der Waals surface area contributed by atoms with Gasteiger partial charge in [-0.2, -0.15) is 0 Å². The lowest BCUT2D eigenvalue weighted by atomic mass is 10.0. The van der Waals surface area contributed by atoms with Crippen LogP contribution in [0.5, 0.6) is 0 Å². The minimum Gasteiger partial charge on any atom is -0.343 e. The summed E-state index contributed by atoms with van der Waals surface area (Å²) in [5.41, 5.74) is 0. The number of rotatable bonds is 0. The van der Waals surface area contributed by atoms with Crippen molar-refractivity contribution in [3.8, 4) is 0 Å². The summed E-state index contributed by atoms with van der Waals surface area (Å²) in [5.74, 6) is -0.416. The maximum Gasteiger partial charge on any atom is 0.164 e. The van der Waals surface area contributed by atoms with E-state index in [9.17, 15) is 0 Å². The van der Waals surface area contributed by atoms with E-state index in [1.165, 1.54) is 0 Å². The third kappa shape index (κ3) is 1.30. The second kappa shape index (κ2) is 2.54. The molecule has 2 fully saturated rings. The van der Waals surface area contributed by atoms with Crippen molar-refractivity contribution in [1.82, 2.24) is 0 Å². The van der Waals surface area contributed by atoms with E-state index in [4.69, 9.17) is 9.47 Å². The molecule has 1 aliphatic carbocycles. The van der Waals surface area contributed by atoms with Crippen molar-refractivity contribution in [3.05, 3.63) is 10.6 Å². The highest BCUT2D eigenvalue weighted by Crippen LogP contribution is 2.55. The molecule has 4 atom stereocenters. The Labute approximate surface area is 90.2 Å². The second-order valence-electron chi connectivity index (χ2n) is 4.14. The molecule has 72 valence electrons. The van der Waals surface area contributed by atoms with Gasteiger partial charge >= 0.3 is 0 Å². The van der Waals surface area contributed by atoms with Crippen molar-refractivity contribution in [3.63, 3.8) is 0 Å². The molecule has 13 heavy (non-hydrogen) atoms. The average Bonchev–Trinajstić information content (AvgIpc) is 2.68. The molecule has 0 amide bonds. The number of thioether (sulfide) groups is 1. The molecule has 2 saturated heterocycles. The van der Waals surface area contributed by atoms with E-state index >= 15 is 0 Å². The van der Waals surface area contributed by atoms with Gasteiger partial charge in [0.1, 0.15) is 12.2 Å². The Kier molecular flexibility index (Phi) is 1.71. The topological polar surface area (TPSA) is 18.5 Å². The Hall–Kier alpha value is 0.490. The minimum absolute atomic E-state index is 0.131. The predicted octanol–water partition coefficient (Wildman–Crippen LogP) is 2.28. The first-order chi connectivity index (χ1) is 6.07. The number of hydrogen-bond acceptors (Lipinski definition) is 3. The minimum atomic E-state index is -0.416. The van der Waals surface area contributed by atoms with Crippen molar-refractivity contribution < 1.29 is 9.47 Å². The van der Waals surface area contributed by atoms with E-state index in [1.807, 2.05) is 25.6 Å². The van der Waals surface area contributed by atoms with Crippen LogP contribution in [0.4, 0.5) is 0 Å². The molecule has 3 rings (SSSR count). The van der Waals surface area contributed by atoms with E-state index in [2.05, 4.69) is 22.0 Å². The highest BCUT2D eigenvalue weighted by atomic mass is 79.9. The van der Waals surface area contributed by atoms with Crippen LogP contribution in [0.3, 0.4) is 0 Å². The van der Waals surface area contributed by atoms with Crippen LogP contribution in [-0.4, -0.2) is 28.5 Å². The van der Waals surface area contributed by atoms with Crippen molar-refractivity contribution in [2.75, 3.05) is 0 Å². The first-order valence-electron chi connectivity index (χ1n) is 4.45. The van der Waals surface area contributed by atoms with Gasteiger partial charge in [-0.05, 0) is 13.8 Å². The molecule has 0 aromatic heterocycles. The Morgan fingerprint density at radius 3 is 3.00 bits per heavy atom. The number of halogens is 1. The molecule has 0 bridgehead atoms. The van der Waals surface area contributed by atoms with E-state index in [-0.39, 0.29) is 12.2 Å². The Morgan fingerprint density at radius 1 is 1.46 bits per heavy atom. The molecule has 0 aromatic rings. The zero-order valence-corrected chi connectivity index (χ0v) is 9.89. The monoisotopic (exact) mass is 262 g/mol. The Balaban J connectivity index is 1.93. The molecule has 4 heteroatoms. The quantitative estimate of drug-likeness (QED) is 0.625. The van der Waals surface area contributed by atoms with Gasteiger partial charge in [0.05, 0.1) is 5.25 Å². The second-order valence-corrected chi connectivity index (χ2v) is 6.41. The fourth-order valence-corrected chi connectivity index (χ4v) is 3.93. The van der Waals surface area contributed by atoms with Gasteiger partial charge in [-0.25, -0.2) is 0 Å². The maximum atomic E-state index is 5.86. The van der Waals surface area contributed by atoms with Crippen molar-refractivity contribution in [2.45, 2.75) is 42.3 Å². The highest BCUT2D eigenvalue weighted by molar-refractivity contribution is 9.11. The molecule has 2 aliphatic heterocycles. The van der Waals surface area contributed by atoms with Gasteiger partial charge < -0.3 is 9.47 Å². The molecule has 0 N–H and O–H groups in total. The van der Waals surface area contributed by atoms with Gasteiger partial charge in [0.25, 0.3) is 0 Å². The summed E-state index contributed by atoms with van der Waals surface area (Å²) in [6.45, 7) is 3.96. The third-order valence-corrected chi connectivity index (χ3v) is 4.63. The molecule has 0 radical (unpaired) electrons. The van der Waals surface area contributed by atoms with Crippen LogP contribution in [0.15, 0.2) is 10.6 Å². The van der Waals surface area contributed by atoms with Crippen LogP contribution in [-0.2, 0) is 9.47 Å². The standard InChI is InChI=1S/C9H11BrO2S/c1-9(2)11-6-4(10)3-5-8(13-5)7(6)12-9/h3,5-8H,1-2H3/t5-,6-,7-,8-/m1/s1. The van der Waals surface area contributed by atoms with E-state index in [1.54, 1.807) is 0 Å². The van der Waals surface area contributed by atoms with Crippen molar-refractivity contribution in [2.24, 2.45) is 0 Å². The Bertz CT molecular complexity index is 289. The van der Waals surface area contributed by atoms with Gasteiger partial charge in [-0.3, -0.25) is 0 Å². The normalized spacial score (nSPS) is 50.8. The van der Waals surface area contributed by atoms with Crippen LogP contribution in [0.25, 0.3) is 0 Å². The molecule has 2 nitrogen and oxygen atoms in total. The SMILES string of the molecule is CC1(C)O[C@H]2[C@@H]3S[C@@H]3C=C(Br)[C@H]2O1. The zero-order chi connectivity index (χ0) is 9.22. The molecule has 0 unspecified atom stereocenters. The van der Waals surface area contributed by atoms with Crippen molar-refractivity contribution in [1.29, 1.82) is 0 Å². The highest BCUT2D eigenvalue weighted by Gasteiger charge is 2.57. The predicted molar refractivity (Wildman–Crippen MR) is 56.0 cm³/mol. The van der Waals surface area contributed by atoms with Gasteiger partial charge in [0, 0.05) is 9.73 Å². The number of hydrogen-bond donors (Lipinski definition) is 0. The lowest BCUT2D eigenvalue weighted by molar-refractivity contribution is -0.142. The first-order valence-corrected chi connectivity index (χ1v) is 6.19. The summed E-state index contributed by atoms with van der Waals surface area (Å²) in [6, 6.07) is 0. The van der Waals surface area contributed by atoms with Crippen LogP contribution >= 0.6 is 27.7 Å². The van der Waals surface area contributed by atoms with Gasteiger partial charge in [0.15, 0.2) is 5.79 Å². The molecule has 0 aromatic carbocycles. The molecule has 2 heterocycles. The van der Waals surface area contributed by atoms with Crippen molar-refractivity contribution >= 4 is 27.7 Å². The average molecular weight is 263 g/mol. The molecular weight excluding hydrogens is 252 g/mol. The summed E-state index contributed by atoms with van der Waals surface area (Å²) in [5, 5.41) is 1.29. The third-order valence-electron chi connectivity index (χ3n) is 2.61. The summed E-state index contributed by atoms with van der Waals surface area (Å²) < 4.78 is 12.8. The zero-order valence-electron chi connectivity index (χ0n) is 7.49. The van der Waals surface area contributed by atoms with Crippen LogP contribution in [0.1, 0.15) is 13.8 Å².